The van der Waals surface area contributed by atoms with Crippen LogP contribution in [0.3, 0.4) is 0 Å². The van der Waals surface area contributed by atoms with Gasteiger partial charge in [0.2, 0.25) is 5.88 Å². The molecule has 0 saturated heterocycles. The summed E-state index contributed by atoms with van der Waals surface area (Å²) in [4.78, 5) is 9.13. The van der Waals surface area contributed by atoms with Gasteiger partial charge < -0.3 is 10.1 Å². The number of thiazole rings is 1. The molecule has 1 unspecified atom stereocenters. The zero-order chi connectivity index (χ0) is 14.8. The van der Waals surface area contributed by atoms with Gasteiger partial charge in [-0.05, 0) is 24.3 Å². The zero-order valence-corrected chi connectivity index (χ0v) is 13.5. The van der Waals surface area contributed by atoms with Gasteiger partial charge in [0.1, 0.15) is 5.01 Å². The summed E-state index contributed by atoms with van der Waals surface area (Å²) in [7, 11) is 1.64. The van der Waals surface area contributed by atoms with Crippen LogP contribution in [-0.4, -0.2) is 23.1 Å². The van der Waals surface area contributed by atoms with Crippen LogP contribution in [-0.2, 0) is 0 Å². The van der Waals surface area contributed by atoms with E-state index in [-0.39, 0.29) is 6.04 Å². The molecular weight excluding hydrogens is 282 g/mol. The van der Waals surface area contributed by atoms with Crippen molar-refractivity contribution in [2.45, 2.75) is 44.7 Å². The van der Waals surface area contributed by atoms with Crippen molar-refractivity contribution in [1.29, 1.82) is 0 Å². The summed E-state index contributed by atoms with van der Waals surface area (Å²) in [6.45, 7) is 4.36. The fourth-order valence-corrected chi connectivity index (χ4v) is 3.24. The fourth-order valence-electron chi connectivity index (χ4n) is 2.18. The summed E-state index contributed by atoms with van der Waals surface area (Å²) in [5.74, 6) is 1.11. The summed E-state index contributed by atoms with van der Waals surface area (Å²) in [6.07, 6.45) is 4.39. The molecule has 0 aromatic carbocycles. The molecule has 112 valence electrons. The molecule has 21 heavy (non-hydrogen) atoms. The number of pyridine rings is 1. The minimum Gasteiger partial charge on any atom is -0.481 e. The molecule has 2 aromatic heterocycles. The van der Waals surface area contributed by atoms with Crippen molar-refractivity contribution in [3.05, 3.63) is 40.0 Å². The van der Waals surface area contributed by atoms with Crippen molar-refractivity contribution in [1.82, 2.24) is 15.3 Å². The molecule has 2 aromatic rings. The number of rotatable bonds is 6. The Bertz CT molecular complexity index is 590. The first-order chi connectivity index (χ1) is 10.2. The van der Waals surface area contributed by atoms with E-state index in [1.807, 2.05) is 12.3 Å². The lowest BCUT2D eigenvalue weighted by Crippen LogP contribution is -2.24. The van der Waals surface area contributed by atoms with Crippen molar-refractivity contribution in [3.63, 3.8) is 0 Å². The second kappa shape index (κ2) is 6.12. The van der Waals surface area contributed by atoms with Crippen molar-refractivity contribution in [3.8, 4) is 5.88 Å². The van der Waals surface area contributed by atoms with E-state index >= 15 is 0 Å². The number of nitrogens with zero attached hydrogens (tertiary/aromatic N) is 2. The number of nitrogens with one attached hydrogen (secondary N) is 1. The standard InChI is InChI=1S/C16H21N3OS/c1-10(2)13-9-21-16(19-13)15(18-12-5-6-12)11-4-7-14(20-3)17-8-11/h4,7-10,12,15,18H,5-6H2,1-3H3. The van der Waals surface area contributed by atoms with Gasteiger partial charge in [-0.2, -0.15) is 0 Å². The number of ether oxygens (including phenoxy) is 1. The lowest BCUT2D eigenvalue weighted by atomic mass is 10.1. The van der Waals surface area contributed by atoms with Crippen LogP contribution in [0.4, 0.5) is 0 Å². The van der Waals surface area contributed by atoms with Crippen molar-refractivity contribution in [2.75, 3.05) is 7.11 Å². The molecule has 1 aliphatic rings. The van der Waals surface area contributed by atoms with E-state index < -0.39 is 0 Å². The highest BCUT2D eigenvalue weighted by Gasteiger charge is 2.28. The molecule has 1 N–H and O–H groups in total. The number of hydrogen-bond donors (Lipinski definition) is 1. The predicted molar refractivity (Wildman–Crippen MR) is 85.0 cm³/mol. The Morgan fingerprint density at radius 2 is 2.14 bits per heavy atom. The first kappa shape index (κ1) is 14.5. The summed E-state index contributed by atoms with van der Waals surface area (Å²) >= 11 is 1.73. The van der Waals surface area contributed by atoms with E-state index in [1.54, 1.807) is 18.4 Å². The maximum Gasteiger partial charge on any atom is 0.212 e. The van der Waals surface area contributed by atoms with Crippen molar-refractivity contribution >= 4 is 11.3 Å². The zero-order valence-electron chi connectivity index (χ0n) is 12.7. The van der Waals surface area contributed by atoms with Crippen LogP contribution in [0.5, 0.6) is 5.88 Å². The maximum atomic E-state index is 5.14. The first-order valence-electron chi connectivity index (χ1n) is 7.38. The molecule has 4 nitrogen and oxygen atoms in total. The topological polar surface area (TPSA) is 47.0 Å². The minimum absolute atomic E-state index is 0.133. The molecule has 1 aliphatic carbocycles. The smallest absolute Gasteiger partial charge is 0.212 e. The van der Waals surface area contributed by atoms with E-state index in [9.17, 15) is 0 Å². The molecule has 0 aliphatic heterocycles. The van der Waals surface area contributed by atoms with E-state index in [1.165, 1.54) is 18.5 Å². The third-order valence-electron chi connectivity index (χ3n) is 3.66. The van der Waals surface area contributed by atoms with E-state index in [0.717, 1.165) is 10.6 Å². The summed E-state index contributed by atoms with van der Waals surface area (Å²) in [5, 5.41) is 6.97. The van der Waals surface area contributed by atoms with E-state index in [2.05, 4.69) is 35.6 Å². The van der Waals surface area contributed by atoms with E-state index in [4.69, 9.17) is 9.72 Å². The van der Waals surface area contributed by atoms with Gasteiger partial charge in [0, 0.05) is 23.7 Å². The normalized spacial score (nSPS) is 16.2. The van der Waals surface area contributed by atoms with Gasteiger partial charge in [-0.1, -0.05) is 19.9 Å². The molecule has 0 amide bonds. The molecule has 1 fully saturated rings. The van der Waals surface area contributed by atoms with E-state index in [0.29, 0.717) is 17.8 Å². The van der Waals surface area contributed by atoms with Crippen molar-refractivity contribution in [2.24, 2.45) is 0 Å². The van der Waals surface area contributed by atoms with Gasteiger partial charge in [-0.25, -0.2) is 9.97 Å². The lowest BCUT2D eigenvalue weighted by molar-refractivity contribution is 0.397. The third kappa shape index (κ3) is 3.41. The summed E-state index contributed by atoms with van der Waals surface area (Å²) in [5.41, 5.74) is 2.31. The number of methoxy groups -OCH3 is 1. The third-order valence-corrected chi connectivity index (χ3v) is 4.59. The van der Waals surface area contributed by atoms with Gasteiger partial charge in [0.05, 0.1) is 18.8 Å². The molecule has 0 bridgehead atoms. The molecule has 1 atom stereocenters. The van der Waals surface area contributed by atoms with Crippen molar-refractivity contribution < 1.29 is 4.74 Å². The van der Waals surface area contributed by atoms with Crippen LogP contribution in [0.25, 0.3) is 0 Å². The highest BCUT2D eigenvalue weighted by molar-refractivity contribution is 7.09. The quantitative estimate of drug-likeness (QED) is 0.887. The highest BCUT2D eigenvalue weighted by Crippen LogP contribution is 2.31. The molecule has 0 radical (unpaired) electrons. The molecule has 2 heterocycles. The average molecular weight is 303 g/mol. The fraction of sp³-hybridized carbons (Fsp3) is 0.500. The average Bonchev–Trinajstić information content (AvgIpc) is 3.18. The van der Waals surface area contributed by atoms with Crippen LogP contribution < -0.4 is 10.1 Å². The molecular formula is C16H21N3OS. The Hall–Kier alpha value is -1.46. The van der Waals surface area contributed by atoms with Gasteiger partial charge in [0.25, 0.3) is 0 Å². The minimum atomic E-state index is 0.133. The Morgan fingerprint density at radius 1 is 1.33 bits per heavy atom. The highest BCUT2D eigenvalue weighted by atomic mass is 32.1. The van der Waals surface area contributed by atoms with Gasteiger partial charge in [-0.3, -0.25) is 0 Å². The van der Waals surface area contributed by atoms with Crippen LogP contribution in [0.2, 0.25) is 0 Å². The maximum absolute atomic E-state index is 5.14. The first-order valence-corrected chi connectivity index (χ1v) is 8.26. The van der Waals surface area contributed by atoms with Gasteiger partial charge in [-0.15, -0.1) is 11.3 Å². The molecule has 5 heteroatoms. The predicted octanol–water partition coefficient (Wildman–Crippen LogP) is 3.51. The summed E-state index contributed by atoms with van der Waals surface area (Å²) < 4.78 is 5.14. The second-order valence-electron chi connectivity index (χ2n) is 5.77. The van der Waals surface area contributed by atoms with Crippen LogP contribution in [0.15, 0.2) is 23.7 Å². The lowest BCUT2D eigenvalue weighted by Gasteiger charge is -2.16. The Morgan fingerprint density at radius 3 is 2.67 bits per heavy atom. The molecule has 3 rings (SSSR count). The van der Waals surface area contributed by atoms with Gasteiger partial charge >= 0.3 is 0 Å². The SMILES string of the molecule is COc1ccc(C(NC2CC2)c2nc(C(C)C)cs2)cn1. The molecule has 1 saturated carbocycles. The van der Waals surface area contributed by atoms with Gasteiger partial charge in [0.15, 0.2) is 0 Å². The van der Waals surface area contributed by atoms with Crippen LogP contribution >= 0.6 is 11.3 Å². The Balaban J connectivity index is 1.87. The Kier molecular flexibility index (Phi) is 4.22. The summed E-state index contributed by atoms with van der Waals surface area (Å²) in [6, 6.07) is 4.73. The second-order valence-corrected chi connectivity index (χ2v) is 6.66. The molecule has 0 spiro atoms. The monoisotopic (exact) mass is 303 g/mol. The number of hydrogen-bond acceptors (Lipinski definition) is 5. The Labute approximate surface area is 129 Å². The van der Waals surface area contributed by atoms with Crippen LogP contribution in [0.1, 0.15) is 54.9 Å². The van der Waals surface area contributed by atoms with Crippen LogP contribution in [0, 0.1) is 0 Å². The number of aromatic nitrogens is 2. The largest absolute Gasteiger partial charge is 0.481 e.